The van der Waals surface area contributed by atoms with Crippen LogP contribution in [0.3, 0.4) is 0 Å². The summed E-state index contributed by atoms with van der Waals surface area (Å²) in [5, 5.41) is 0. The van der Waals surface area contributed by atoms with Crippen molar-refractivity contribution in [1.82, 2.24) is 4.90 Å². The van der Waals surface area contributed by atoms with Crippen molar-refractivity contribution in [3.63, 3.8) is 0 Å². The minimum atomic E-state index is -1.15. The number of hydrogen-bond donors (Lipinski definition) is 0. The van der Waals surface area contributed by atoms with Gasteiger partial charge in [0, 0.05) is 12.6 Å². The Labute approximate surface area is 146 Å². The van der Waals surface area contributed by atoms with Crippen LogP contribution in [0.4, 0.5) is 8.78 Å². The zero-order valence-corrected chi connectivity index (χ0v) is 14.8. The summed E-state index contributed by atoms with van der Waals surface area (Å²) < 4.78 is 32.1. The van der Waals surface area contributed by atoms with Crippen molar-refractivity contribution < 1.29 is 23.1 Å². The first-order valence-electron chi connectivity index (χ1n) is 8.51. The molecule has 136 valence electrons. The summed E-state index contributed by atoms with van der Waals surface area (Å²) in [6.45, 7) is 6.71. The molecule has 1 aromatic carbocycles. The van der Waals surface area contributed by atoms with Crippen LogP contribution in [-0.4, -0.2) is 36.0 Å². The highest BCUT2D eigenvalue weighted by Gasteiger charge is 2.50. The molecule has 0 aromatic heterocycles. The molecule has 1 aliphatic carbocycles. The SMILES string of the molecule is CC1(C)C[C@H]2C[C@](C)(CN2C(=O)COC(=O)c2c(F)cccc2F)C1. The van der Waals surface area contributed by atoms with Gasteiger partial charge in [-0.3, -0.25) is 4.79 Å². The number of esters is 1. The number of amides is 1. The standard InChI is InChI=1S/C19H23F2NO3/c1-18(2)7-12-8-19(3,10-18)11-22(12)15(23)9-25-17(24)16-13(20)5-4-6-14(16)21/h4-6,12H,7-11H2,1-3H3/t12-,19-/m0/s1. The Balaban J connectivity index is 1.65. The van der Waals surface area contributed by atoms with Crippen LogP contribution >= 0.6 is 0 Å². The molecule has 1 amide bonds. The Bertz CT molecular complexity index is 698. The first-order chi connectivity index (χ1) is 11.6. The molecule has 2 aliphatic rings. The van der Waals surface area contributed by atoms with Gasteiger partial charge in [-0.1, -0.05) is 26.8 Å². The van der Waals surface area contributed by atoms with E-state index in [-0.39, 0.29) is 22.8 Å². The predicted octanol–water partition coefficient (Wildman–Crippen LogP) is 3.55. The van der Waals surface area contributed by atoms with E-state index >= 15 is 0 Å². The van der Waals surface area contributed by atoms with E-state index in [4.69, 9.17) is 4.74 Å². The molecule has 4 nitrogen and oxygen atoms in total. The van der Waals surface area contributed by atoms with Crippen molar-refractivity contribution >= 4 is 11.9 Å². The molecule has 3 rings (SSSR count). The number of rotatable bonds is 3. The van der Waals surface area contributed by atoms with Crippen LogP contribution in [0, 0.1) is 22.5 Å². The van der Waals surface area contributed by atoms with E-state index in [1.54, 1.807) is 4.90 Å². The van der Waals surface area contributed by atoms with Crippen molar-refractivity contribution in [3.8, 4) is 0 Å². The van der Waals surface area contributed by atoms with Gasteiger partial charge < -0.3 is 9.64 Å². The molecule has 6 heteroatoms. The molecule has 0 spiro atoms. The van der Waals surface area contributed by atoms with Gasteiger partial charge in [0.15, 0.2) is 6.61 Å². The molecule has 1 saturated carbocycles. The molecule has 0 unspecified atom stereocenters. The van der Waals surface area contributed by atoms with Crippen LogP contribution in [0.25, 0.3) is 0 Å². The molecule has 1 heterocycles. The fraction of sp³-hybridized carbons (Fsp3) is 0.579. The molecule has 0 radical (unpaired) electrons. The summed E-state index contributed by atoms with van der Waals surface area (Å²) in [6.07, 6.45) is 2.89. The lowest BCUT2D eigenvalue weighted by molar-refractivity contribution is -0.135. The Morgan fingerprint density at radius 1 is 1.20 bits per heavy atom. The number of ether oxygens (including phenoxy) is 1. The van der Waals surface area contributed by atoms with E-state index in [2.05, 4.69) is 20.8 Å². The second kappa shape index (κ2) is 6.07. The van der Waals surface area contributed by atoms with E-state index < -0.39 is 29.8 Å². The van der Waals surface area contributed by atoms with Gasteiger partial charge in [-0.15, -0.1) is 0 Å². The van der Waals surface area contributed by atoms with Gasteiger partial charge in [-0.25, -0.2) is 13.6 Å². The lowest BCUT2D eigenvalue weighted by Crippen LogP contribution is -2.39. The average molecular weight is 351 g/mol. The number of hydrogen-bond acceptors (Lipinski definition) is 3. The van der Waals surface area contributed by atoms with E-state index in [0.29, 0.717) is 6.54 Å². The third-order valence-corrected chi connectivity index (χ3v) is 5.23. The maximum atomic E-state index is 13.6. The van der Waals surface area contributed by atoms with Crippen LogP contribution in [-0.2, 0) is 9.53 Å². The van der Waals surface area contributed by atoms with E-state index in [1.165, 1.54) is 6.07 Å². The largest absolute Gasteiger partial charge is 0.452 e. The average Bonchev–Trinajstić information content (AvgIpc) is 2.73. The Hall–Kier alpha value is -1.98. The molecule has 2 atom stereocenters. The molecule has 1 aliphatic heterocycles. The maximum Gasteiger partial charge on any atom is 0.344 e. The van der Waals surface area contributed by atoms with Crippen LogP contribution in [0.15, 0.2) is 18.2 Å². The summed E-state index contributed by atoms with van der Waals surface area (Å²) in [5.41, 5.74) is -0.521. The van der Waals surface area contributed by atoms with Crippen LogP contribution < -0.4 is 0 Å². The topological polar surface area (TPSA) is 46.6 Å². The Morgan fingerprint density at radius 3 is 2.48 bits per heavy atom. The highest BCUT2D eigenvalue weighted by atomic mass is 19.1. The minimum Gasteiger partial charge on any atom is -0.452 e. The van der Waals surface area contributed by atoms with Crippen molar-refractivity contribution in [2.24, 2.45) is 10.8 Å². The maximum absolute atomic E-state index is 13.6. The first kappa shape index (κ1) is 17.8. The van der Waals surface area contributed by atoms with E-state index in [9.17, 15) is 18.4 Å². The fourth-order valence-electron chi connectivity index (χ4n) is 4.73. The van der Waals surface area contributed by atoms with E-state index in [1.807, 2.05) is 0 Å². The predicted molar refractivity (Wildman–Crippen MR) is 87.9 cm³/mol. The molecule has 2 fully saturated rings. The second-order valence-electron chi connectivity index (χ2n) is 8.41. The van der Waals surface area contributed by atoms with Crippen molar-refractivity contribution in [3.05, 3.63) is 35.4 Å². The van der Waals surface area contributed by atoms with Crippen molar-refractivity contribution in [2.45, 2.75) is 46.1 Å². The normalized spacial score (nSPS) is 27.2. The van der Waals surface area contributed by atoms with Crippen LogP contribution in [0.5, 0.6) is 0 Å². The molecule has 1 saturated heterocycles. The molecular weight excluding hydrogens is 328 g/mol. The number of benzene rings is 1. The number of nitrogens with zero attached hydrogens (tertiary/aromatic N) is 1. The quantitative estimate of drug-likeness (QED) is 0.783. The lowest BCUT2D eigenvalue weighted by Gasteiger charge is -2.39. The number of carbonyl (C=O) groups is 2. The Kier molecular flexibility index (Phi) is 4.33. The molecular formula is C19H23F2NO3. The van der Waals surface area contributed by atoms with Gasteiger partial charge >= 0.3 is 5.97 Å². The summed E-state index contributed by atoms with van der Waals surface area (Å²) in [6, 6.07) is 3.26. The summed E-state index contributed by atoms with van der Waals surface area (Å²) >= 11 is 0. The minimum absolute atomic E-state index is 0.0731. The van der Waals surface area contributed by atoms with Crippen LogP contribution in [0.1, 0.15) is 50.4 Å². The number of fused-ring (bicyclic) bond motifs is 2. The summed E-state index contributed by atoms with van der Waals surface area (Å²) in [4.78, 5) is 26.2. The third kappa shape index (κ3) is 3.53. The molecule has 1 aromatic rings. The van der Waals surface area contributed by atoms with Crippen LogP contribution in [0.2, 0.25) is 0 Å². The van der Waals surface area contributed by atoms with Gasteiger partial charge in [0.2, 0.25) is 0 Å². The van der Waals surface area contributed by atoms with Gasteiger partial charge in [-0.2, -0.15) is 0 Å². The zero-order chi connectivity index (χ0) is 18.4. The summed E-state index contributed by atoms with van der Waals surface area (Å²) in [5.74, 6) is -3.46. The van der Waals surface area contributed by atoms with Gasteiger partial charge in [0.05, 0.1) is 0 Å². The third-order valence-electron chi connectivity index (χ3n) is 5.23. The smallest absolute Gasteiger partial charge is 0.344 e. The first-order valence-corrected chi connectivity index (χ1v) is 8.51. The lowest BCUT2D eigenvalue weighted by atomic mass is 9.65. The highest BCUT2D eigenvalue weighted by molar-refractivity contribution is 5.92. The molecule has 0 N–H and O–H groups in total. The molecule has 2 bridgehead atoms. The molecule has 25 heavy (non-hydrogen) atoms. The fourth-order valence-corrected chi connectivity index (χ4v) is 4.73. The zero-order valence-electron chi connectivity index (χ0n) is 14.8. The van der Waals surface area contributed by atoms with Crippen molar-refractivity contribution in [2.75, 3.05) is 13.2 Å². The number of carbonyl (C=O) groups excluding carboxylic acids is 2. The monoisotopic (exact) mass is 351 g/mol. The van der Waals surface area contributed by atoms with Gasteiger partial charge in [0.25, 0.3) is 5.91 Å². The number of halogens is 2. The Morgan fingerprint density at radius 2 is 1.84 bits per heavy atom. The van der Waals surface area contributed by atoms with Gasteiger partial charge in [-0.05, 0) is 42.2 Å². The highest BCUT2D eigenvalue weighted by Crippen LogP contribution is 2.52. The number of likely N-dealkylation sites (tertiary alicyclic amines) is 1. The second-order valence-corrected chi connectivity index (χ2v) is 8.41. The van der Waals surface area contributed by atoms with Gasteiger partial charge in [0.1, 0.15) is 17.2 Å². The summed E-state index contributed by atoms with van der Waals surface area (Å²) in [7, 11) is 0. The van der Waals surface area contributed by atoms with E-state index in [0.717, 1.165) is 31.4 Å². The van der Waals surface area contributed by atoms with Crippen molar-refractivity contribution in [1.29, 1.82) is 0 Å².